The lowest BCUT2D eigenvalue weighted by Crippen LogP contribution is -1.98. The van der Waals surface area contributed by atoms with E-state index in [2.05, 4.69) is 22.5 Å². The zero-order chi connectivity index (χ0) is 10.7. The van der Waals surface area contributed by atoms with Crippen LogP contribution in [0.3, 0.4) is 0 Å². The average molecular weight is 274 g/mol. The molecule has 1 aromatic carbocycles. The summed E-state index contributed by atoms with van der Waals surface area (Å²) in [6.07, 6.45) is 1.68. The highest BCUT2D eigenvalue weighted by Crippen LogP contribution is 2.24. The Morgan fingerprint density at radius 1 is 1.64 bits per heavy atom. The molecule has 0 aliphatic rings. The van der Waals surface area contributed by atoms with Gasteiger partial charge in [-0.15, -0.1) is 0 Å². The van der Waals surface area contributed by atoms with Gasteiger partial charge in [0.05, 0.1) is 0 Å². The van der Waals surface area contributed by atoms with Crippen molar-refractivity contribution >= 4 is 33.1 Å². The van der Waals surface area contributed by atoms with Gasteiger partial charge in [0.1, 0.15) is 0 Å². The molecule has 0 saturated carbocycles. The second-order valence-electron chi connectivity index (χ2n) is 2.90. The quantitative estimate of drug-likeness (QED) is 0.795. The monoisotopic (exact) mass is 273 g/mol. The third-order valence-electron chi connectivity index (χ3n) is 2.02. The third kappa shape index (κ3) is 2.53. The highest BCUT2D eigenvalue weighted by molar-refractivity contribution is 9.10. The first-order chi connectivity index (χ1) is 6.56. The molecule has 0 spiro atoms. The predicted octanol–water partition coefficient (Wildman–Crippen LogP) is 2.78. The molecule has 2 nitrogen and oxygen atoms in total. The Morgan fingerprint density at radius 2 is 2.29 bits per heavy atom. The summed E-state index contributed by atoms with van der Waals surface area (Å²) in [6.45, 7) is 5.61. The number of hydrogen-bond acceptors (Lipinski definition) is 2. The standard InChI is InChI=1S/C10H11BrO2S/c1-3-9-7(2)10(11)5-4-8(9)6-14(12)13/h3-5H,1,6H2,2H3,(H,12,13)/p-1. The molecule has 4 heteroatoms. The van der Waals surface area contributed by atoms with E-state index in [4.69, 9.17) is 0 Å². The molecule has 0 amide bonds. The largest absolute Gasteiger partial charge is 0.772 e. The summed E-state index contributed by atoms with van der Waals surface area (Å²) in [6, 6.07) is 3.65. The molecule has 0 fully saturated rings. The minimum absolute atomic E-state index is 0.0372. The lowest BCUT2D eigenvalue weighted by molar-refractivity contribution is 0.536. The van der Waals surface area contributed by atoms with Crippen molar-refractivity contribution < 1.29 is 8.76 Å². The van der Waals surface area contributed by atoms with Crippen molar-refractivity contribution in [2.75, 3.05) is 0 Å². The van der Waals surface area contributed by atoms with E-state index in [1.54, 1.807) is 12.1 Å². The van der Waals surface area contributed by atoms with Gasteiger partial charge in [-0.1, -0.05) is 45.7 Å². The first-order valence-electron chi connectivity index (χ1n) is 4.02. The molecule has 1 aromatic rings. The van der Waals surface area contributed by atoms with Gasteiger partial charge in [0.25, 0.3) is 0 Å². The van der Waals surface area contributed by atoms with Crippen molar-refractivity contribution in [3.8, 4) is 0 Å². The molecule has 0 radical (unpaired) electrons. The van der Waals surface area contributed by atoms with E-state index in [9.17, 15) is 8.76 Å². The van der Waals surface area contributed by atoms with Crippen molar-refractivity contribution in [3.05, 3.63) is 39.9 Å². The lowest BCUT2D eigenvalue weighted by Gasteiger charge is -2.12. The van der Waals surface area contributed by atoms with Gasteiger partial charge in [-0.05, 0) is 29.7 Å². The average Bonchev–Trinajstić information content (AvgIpc) is 2.11. The maximum absolute atomic E-state index is 10.6. The second kappa shape index (κ2) is 4.87. The SMILES string of the molecule is C=Cc1c(CS(=O)[O-])ccc(Br)c1C. The molecule has 1 rings (SSSR count). The van der Waals surface area contributed by atoms with E-state index in [0.29, 0.717) is 0 Å². The molecular weight excluding hydrogens is 264 g/mol. The molecule has 0 aliphatic heterocycles. The fourth-order valence-electron chi connectivity index (χ4n) is 1.30. The predicted molar refractivity (Wildman–Crippen MR) is 61.6 cm³/mol. The smallest absolute Gasteiger partial charge is 0.0359 e. The second-order valence-corrected chi connectivity index (χ2v) is 4.65. The van der Waals surface area contributed by atoms with Crippen LogP contribution in [-0.4, -0.2) is 8.76 Å². The number of benzene rings is 1. The van der Waals surface area contributed by atoms with Crippen LogP contribution in [0.2, 0.25) is 0 Å². The molecule has 76 valence electrons. The Labute approximate surface area is 94.4 Å². The van der Waals surface area contributed by atoms with Crippen LogP contribution in [0.25, 0.3) is 6.08 Å². The molecule has 0 bridgehead atoms. The minimum Gasteiger partial charge on any atom is -0.772 e. The van der Waals surface area contributed by atoms with Gasteiger partial charge in [0, 0.05) is 10.2 Å². The maximum Gasteiger partial charge on any atom is 0.0359 e. The molecule has 0 N–H and O–H groups in total. The summed E-state index contributed by atoms with van der Waals surface area (Å²) < 4.78 is 22.1. The van der Waals surface area contributed by atoms with Crippen LogP contribution in [0.4, 0.5) is 0 Å². The molecule has 0 aliphatic carbocycles. The Kier molecular flexibility index (Phi) is 4.04. The zero-order valence-electron chi connectivity index (χ0n) is 7.75. The number of hydrogen-bond donors (Lipinski definition) is 0. The zero-order valence-corrected chi connectivity index (χ0v) is 10.2. The van der Waals surface area contributed by atoms with Crippen LogP contribution in [0.1, 0.15) is 16.7 Å². The fraction of sp³-hybridized carbons (Fsp3) is 0.200. The van der Waals surface area contributed by atoms with Gasteiger partial charge in [-0.2, -0.15) is 0 Å². The van der Waals surface area contributed by atoms with E-state index < -0.39 is 11.1 Å². The number of halogens is 1. The van der Waals surface area contributed by atoms with Crippen molar-refractivity contribution in [2.24, 2.45) is 0 Å². The Hall–Kier alpha value is -0.450. The Bertz CT molecular complexity index is 388. The van der Waals surface area contributed by atoms with Crippen LogP contribution >= 0.6 is 15.9 Å². The van der Waals surface area contributed by atoms with Crippen molar-refractivity contribution in [1.29, 1.82) is 0 Å². The van der Waals surface area contributed by atoms with Gasteiger partial charge < -0.3 is 4.55 Å². The molecule has 0 heterocycles. The van der Waals surface area contributed by atoms with E-state index in [1.807, 2.05) is 13.0 Å². The summed E-state index contributed by atoms with van der Waals surface area (Å²) in [5.41, 5.74) is 2.69. The van der Waals surface area contributed by atoms with Crippen molar-refractivity contribution in [3.63, 3.8) is 0 Å². The van der Waals surface area contributed by atoms with Crippen molar-refractivity contribution in [1.82, 2.24) is 0 Å². The first-order valence-corrected chi connectivity index (χ1v) is 6.06. The fourth-order valence-corrected chi connectivity index (χ4v) is 2.15. The molecule has 1 unspecified atom stereocenters. The van der Waals surface area contributed by atoms with Crippen LogP contribution in [0, 0.1) is 6.92 Å². The van der Waals surface area contributed by atoms with Crippen molar-refractivity contribution in [2.45, 2.75) is 12.7 Å². The maximum atomic E-state index is 10.6. The van der Waals surface area contributed by atoms with Crippen LogP contribution in [-0.2, 0) is 16.8 Å². The summed E-state index contributed by atoms with van der Waals surface area (Å²) >= 11 is 1.33. The van der Waals surface area contributed by atoms with E-state index in [0.717, 1.165) is 21.2 Å². The molecule has 1 atom stereocenters. The normalized spacial score (nSPS) is 12.5. The van der Waals surface area contributed by atoms with E-state index >= 15 is 0 Å². The number of rotatable bonds is 3. The highest BCUT2D eigenvalue weighted by atomic mass is 79.9. The molecule has 0 aromatic heterocycles. The molecule has 14 heavy (non-hydrogen) atoms. The van der Waals surface area contributed by atoms with E-state index in [1.165, 1.54) is 0 Å². The van der Waals surface area contributed by atoms with Gasteiger partial charge in [-0.25, -0.2) is 0 Å². The lowest BCUT2D eigenvalue weighted by atomic mass is 10.0. The van der Waals surface area contributed by atoms with Crippen LogP contribution in [0.5, 0.6) is 0 Å². The highest BCUT2D eigenvalue weighted by Gasteiger charge is 2.05. The topological polar surface area (TPSA) is 40.1 Å². The van der Waals surface area contributed by atoms with Gasteiger partial charge in [-0.3, -0.25) is 4.21 Å². The van der Waals surface area contributed by atoms with Gasteiger partial charge in [0.15, 0.2) is 0 Å². The summed E-state index contributed by atoms with van der Waals surface area (Å²) in [4.78, 5) is 0. The first kappa shape index (κ1) is 11.6. The Balaban J connectivity index is 3.23. The Morgan fingerprint density at radius 3 is 2.79 bits per heavy atom. The minimum atomic E-state index is -2.06. The van der Waals surface area contributed by atoms with Gasteiger partial charge >= 0.3 is 0 Å². The summed E-state index contributed by atoms with van der Waals surface area (Å²) in [5, 5.41) is 0. The van der Waals surface area contributed by atoms with Crippen LogP contribution in [0.15, 0.2) is 23.2 Å². The summed E-state index contributed by atoms with van der Waals surface area (Å²) in [5.74, 6) is 0.0372. The van der Waals surface area contributed by atoms with E-state index in [-0.39, 0.29) is 5.75 Å². The third-order valence-corrected chi connectivity index (χ3v) is 3.42. The molecule has 0 saturated heterocycles. The van der Waals surface area contributed by atoms with Gasteiger partial charge in [0.2, 0.25) is 0 Å². The summed E-state index contributed by atoms with van der Waals surface area (Å²) in [7, 11) is 0. The molecular formula is C10H10BrO2S-. The van der Waals surface area contributed by atoms with Crippen LogP contribution < -0.4 is 0 Å².